The molecule has 6 N–H and O–H groups in total. The molecular weight excluding hydrogens is 588 g/mol. The number of nitrogens with zero attached hydrogens (tertiary/aromatic N) is 5. The molecule has 13 nitrogen and oxygen atoms in total. The Labute approximate surface area is 241 Å². The SMILES string of the molecule is CC(=N)N1CCN(CCSC=CC2=C(C(=O)O)N3C(=O)[C@@H](NC(=O)/C(=N\O)c4nc(N)sc4Cl)[C@H]3SC2)CC1. The Balaban J connectivity index is 1.34. The summed E-state index contributed by atoms with van der Waals surface area (Å²) in [6, 6.07) is -1.01. The number of hydrogen-bond acceptors (Lipinski definition) is 12. The lowest BCUT2D eigenvalue weighted by Crippen LogP contribution is -2.71. The number of amidine groups is 1. The van der Waals surface area contributed by atoms with Gasteiger partial charge >= 0.3 is 5.97 Å². The van der Waals surface area contributed by atoms with E-state index in [4.69, 9.17) is 22.7 Å². The number of amides is 2. The van der Waals surface area contributed by atoms with E-state index in [0.717, 1.165) is 49.8 Å². The molecule has 2 atom stereocenters. The molecule has 2 amide bonds. The number of carboxylic acid groups (broad SMARTS) is 1. The second kappa shape index (κ2) is 12.6. The monoisotopic (exact) mass is 614 g/mol. The van der Waals surface area contributed by atoms with E-state index < -0.39 is 34.9 Å². The molecule has 0 aliphatic carbocycles. The molecule has 39 heavy (non-hydrogen) atoms. The maximum atomic E-state index is 12.9. The molecule has 17 heteroatoms. The van der Waals surface area contributed by atoms with Gasteiger partial charge in [0.25, 0.3) is 11.8 Å². The number of hydrogen-bond donors (Lipinski definition) is 5. The summed E-state index contributed by atoms with van der Waals surface area (Å²) < 4.78 is 0.0508. The minimum atomic E-state index is -1.23. The van der Waals surface area contributed by atoms with Crippen molar-refractivity contribution in [3.05, 3.63) is 32.8 Å². The molecule has 2 fully saturated rings. The molecular formula is C22H27ClN8O5S3. The van der Waals surface area contributed by atoms with E-state index in [1.54, 1.807) is 24.8 Å². The highest BCUT2D eigenvalue weighted by Gasteiger charge is 2.54. The normalized spacial score (nSPS) is 22.2. The number of aliphatic carboxylic acids is 1. The number of thioether (sulfide) groups is 2. The number of anilines is 1. The Morgan fingerprint density at radius 3 is 2.67 bits per heavy atom. The summed E-state index contributed by atoms with van der Waals surface area (Å²) >= 11 is 9.79. The van der Waals surface area contributed by atoms with Crippen LogP contribution in [0.4, 0.5) is 5.13 Å². The van der Waals surface area contributed by atoms with Gasteiger partial charge in [-0.3, -0.25) is 24.8 Å². The third kappa shape index (κ3) is 6.35. The van der Waals surface area contributed by atoms with E-state index in [1.165, 1.54) is 16.7 Å². The lowest BCUT2D eigenvalue weighted by atomic mass is 10.0. The number of carbonyl (C=O) groups excluding carboxylic acids is 2. The lowest BCUT2D eigenvalue weighted by Gasteiger charge is -2.49. The van der Waals surface area contributed by atoms with Gasteiger partial charge in [-0.25, -0.2) is 9.78 Å². The van der Waals surface area contributed by atoms with Crippen molar-refractivity contribution in [2.75, 3.05) is 50.0 Å². The van der Waals surface area contributed by atoms with Crippen LogP contribution >= 0.6 is 46.5 Å². The van der Waals surface area contributed by atoms with E-state index in [0.29, 0.717) is 17.2 Å². The summed E-state index contributed by atoms with van der Waals surface area (Å²) in [6.07, 6.45) is 1.72. The van der Waals surface area contributed by atoms with Gasteiger partial charge in [0.05, 0.1) is 5.84 Å². The maximum absolute atomic E-state index is 12.9. The third-order valence-electron chi connectivity index (χ3n) is 6.37. The van der Waals surface area contributed by atoms with Gasteiger partial charge in [-0.15, -0.1) is 23.5 Å². The standard InChI is InChI=1S/C22H27ClN8O5S3/c1-11(24)30-5-3-29(4-6-30)7-9-37-8-2-12-10-38-20-15(19(33)31(20)16(12)21(34)35)26-18(32)14(28-36)13-17(23)39-22(25)27-13/h2,8,15,20,24,36H,3-7,9-10H2,1H3,(H2,25,27)(H,26,32)(H,34,35)/b8-2?,24-11?,28-14-/t15-,20-/m1/s1. The van der Waals surface area contributed by atoms with Gasteiger partial charge in [-0.05, 0) is 24.0 Å². The Bertz CT molecular complexity index is 1260. The molecule has 0 bridgehead atoms. The molecule has 4 rings (SSSR count). The Morgan fingerprint density at radius 2 is 2.08 bits per heavy atom. The van der Waals surface area contributed by atoms with Crippen LogP contribution in [-0.2, 0) is 14.4 Å². The number of carbonyl (C=O) groups is 3. The number of nitrogen functional groups attached to an aromatic ring is 1. The molecule has 0 aromatic carbocycles. The predicted octanol–water partition coefficient (Wildman–Crippen LogP) is 1.16. The Morgan fingerprint density at radius 1 is 1.36 bits per heavy atom. The third-order valence-corrected chi connectivity index (χ3v) is 9.50. The molecule has 4 heterocycles. The van der Waals surface area contributed by atoms with Crippen LogP contribution in [0.1, 0.15) is 12.6 Å². The first kappa shape index (κ1) is 29.2. The van der Waals surface area contributed by atoms with Crippen molar-refractivity contribution in [3.63, 3.8) is 0 Å². The van der Waals surface area contributed by atoms with E-state index in [1.807, 2.05) is 5.41 Å². The summed E-state index contributed by atoms with van der Waals surface area (Å²) in [5.41, 5.74) is 5.37. The summed E-state index contributed by atoms with van der Waals surface area (Å²) in [5.74, 6) is -0.959. The molecule has 3 aliphatic rings. The maximum Gasteiger partial charge on any atom is 0.352 e. The van der Waals surface area contributed by atoms with Crippen LogP contribution in [-0.4, -0.2) is 115 Å². The van der Waals surface area contributed by atoms with Crippen LogP contribution in [0.25, 0.3) is 0 Å². The summed E-state index contributed by atoms with van der Waals surface area (Å²) in [7, 11) is 0. The van der Waals surface area contributed by atoms with E-state index >= 15 is 0 Å². The van der Waals surface area contributed by atoms with Gasteiger partial charge in [0.2, 0.25) is 0 Å². The van der Waals surface area contributed by atoms with Crippen LogP contribution in [0.3, 0.4) is 0 Å². The fourth-order valence-corrected chi connectivity index (χ4v) is 7.34. The highest BCUT2D eigenvalue weighted by molar-refractivity contribution is 8.02. The van der Waals surface area contributed by atoms with Crippen LogP contribution < -0.4 is 11.1 Å². The van der Waals surface area contributed by atoms with Crippen molar-refractivity contribution in [3.8, 4) is 0 Å². The van der Waals surface area contributed by atoms with Crippen molar-refractivity contribution in [2.45, 2.75) is 18.3 Å². The summed E-state index contributed by atoms with van der Waals surface area (Å²) in [6.45, 7) is 6.17. The van der Waals surface area contributed by atoms with Crippen molar-refractivity contribution < 1.29 is 24.7 Å². The van der Waals surface area contributed by atoms with Crippen LogP contribution in [0, 0.1) is 5.41 Å². The van der Waals surface area contributed by atoms with E-state index in [9.17, 15) is 24.7 Å². The quantitative estimate of drug-likeness (QED) is 0.0670. The van der Waals surface area contributed by atoms with Gasteiger partial charge in [0.1, 0.15) is 27.1 Å². The van der Waals surface area contributed by atoms with Crippen LogP contribution in [0.5, 0.6) is 0 Å². The first-order valence-corrected chi connectivity index (χ1v) is 15.1. The van der Waals surface area contributed by atoms with E-state index in [2.05, 4.69) is 25.3 Å². The molecule has 0 unspecified atom stereocenters. The Kier molecular flexibility index (Phi) is 9.43. The van der Waals surface area contributed by atoms with Crippen molar-refractivity contribution in [1.82, 2.24) is 25.0 Å². The fraction of sp³-hybridized carbons (Fsp3) is 0.455. The predicted molar refractivity (Wildman–Crippen MR) is 153 cm³/mol. The van der Waals surface area contributed by atoms with Gasteiger partial charge in [0.15, 0.2) is 10.8 Å². The number of allylic oxidation sites excluding steroid dienone is 1. The number of rotatable bonds is 9. The fourth-order valence-electron chi connectivity index (χ4n) is 4.33. The highest BCUT2D eigenvalue weighted by atomic mass is 35.5. The van der Waals surface area contributed by atoms with Crippen molar-refractivity contribution >= 4 is 80.9 Å². The number of nitrogens with two attached hydrogens (primary N) is 1. The lowest BCUT2D eigenvalue weighted by molar-refractivity contribution is -0.150. The summed E-state index contributed by atoms with van der Waals surface area (Å²) in [5, 5.41) is 33.7. The second-order valence-corrected chi connectivity index (χ2v) is 12.5. The number of carboxylic acids is 1. The number of aromatic nitrogens is 1. The average Bonchev–Trinajstić information content (AvgIpc) is 3.24. The minimum Gasteiger partial charge on any atom is -0.477 e. The molecule has 2 saturated heterocycles. The highest BCUT2D eigenvalue weighted by Crippen LogP contribution is 2.41. The zero-order valence-electron chi connectivity index (χ0n) is 20.8. The van der Waals surface area contributed by atoms with E-state index in [-0.39, 0.29) is 20.9 Å². The van der Waals surface area contributed by atoms with Gasteiger partial charge in [-0.2, -0.15) is 0 Å². The van der Waals surface area contributed by atoms with Gasteiger partial charge in [0, 0.05) is 44.2 Å². The van der Waals surface area contributed by atoms with Crippen LogP contribution in [0.15, 0.2) is 27.9 Å². The molecule has 1 aromatic heterocycles. The van der Waals surface area contributed by atoms with Gasteiger partial charge in [-0.1, -0.05) is 28.1 Å². The number of halogens is 1. The van der Waals surface area contributed by atoms with Crippen molar-refractivity contribution in [2.24, 2.45) is 5.16 Å². The largest absolute Gasteiger partial charge is 0.477 e. The number of oxime groups is 1. The number of fused-ring (bicyclic) bond motifs is 1. The number of β-lactam (4-membered cyclic amide) rings is 1. The molecule has 3 aliphatic heterocycles. The molecule has 0 spiro atoms. The van der Waals surface area contributed by atoms with Crippen LogP contribution in [0.2, 0.25) is 4.34 Å². The molecule has 0 saturated carbocycles. The average molecular weight is 615 g/mol. The zero-order valence-corrected chi connectivity index (χ0v) is 24.0. The first-order valence-electron chi connectivity index (χ1n) is 11.8. The Hall–Kier alpha value is -2.79. The molecule has 210 valence electrons. The van der Waals surface area contributed by atoms with Crippen molar-refractivity contribution in [1.29, 1.82) is 5.41 Å². The second-order valence-electron chi connectivity index (χ2n) is 8.75. The molecule has 1 aromatic rings. The van der Waals surface area contributed by atoms with Gasteiger partial charge < -0.3 is 26.3 Å². The topological polar surface area (TPSA) is 189 Å². The minimum absolute atomic E-state index is 0.0508. The first-order chi connectivity index (χ1) is 18.6. The smallest absolute Gasteiger partial charge is 0.352 e. The molecule has 0 radical (unpaired) electrons. The number of thiazole rings is 1. The summed E-state index contributed by atoms with van der Waals surface area (Å²) in [4.78, 5) is 47.2. The number of piperazine rings is 1. The number of nitrogens with one attached hydrogen (secondary N) is 2. The zero-order chi connectivity index (χ0) is 28.3.